The molecule has 5 heteroatoms. The summed E-state index contributed by atoms with van der Waals surface area (Å²) in [6.45, 7) is 12.0. The first-order chi connectivity index (χ1) is 8.17. The van der Waals surface area contributed by atoms with Gasteiger partial charge in [0.25, 0.3) is 0 Å². The fourth-order valence-electron chi connectivity index (χ4n) is 1.90. The number of piperidine rings is 1. The van der Waals surface area contributed by atoms with Gasteiger partial charge in [0.1, 0.15) is 6.04 Å². The Hall–Kier alpha value is -0.393. The Bertz CT molecular complexity index is 299. The first-order valence-electron chi connectivity index (χ1n) is 6.66. The molecule has 0 aliphatic carbocycles. The van der Waals surface area contributed by atoms with Crippen molar-refractivity contribution in [2.24, 2.45) is 0 Å². The molecule has 1 heterocycles. The molecule has 1 aliphatic rings. The van der Waals surface area contributed by atoms with Crippen molar-refractivity contribution in [1.82, 2.24) is 5.32 Å². The summed E-state index contributed by atoms with van der Waals surface area (Å²) in [7, 11) is -0.314. The van der Waals surface area contributed by atoms with Crippen molar-refractivity contribution in [1.29, 1.82) is 0 Å². The molecule has 1 N–H and O–H groups in total. The van der Waals surface area contributed by atoms with Crippen molar-refractivity contribution in [3.8, 4) is 0 Å². The predicted molar refractivity (Wildman–Crippen MR) is 75.1 cm³/mol. The van der Waals surface area contributed by atoms with E-state index < -0.39 is 8.32 Å². The number of esters is 1. The maximum absolute atomic E-state index is 11.5. The van der Waals surface area contributed by atoms with Gasteiger partial charge in [-0.05, 0) is 37.5 Å². The number of rotatable bonds is 3. The van der Waals surface area contributed by atoms with Crippen molar-refractivity contribution >= 4 is 14.3 Å². The van der Waals surface area contributed by atoms with E-state index in [2.05, 4.69) is 39.2 Å². The molecule has 0 radical (unpaired) electrons. The molecule has 1 rings (SSSR count). The molecule has 2 atom stereocenters. The van der Waals surface area contributed by atoms with Crippen molar-refractivity contribution in [2.75, 3.05) is 13.7 Å². The third-order valence-corrected chi connectivity index (χ3v) is 8.64. The van der Waals surface area contributed by atoms with E-state index in [4.69, 9.17) is 9.16 Å². The number of hydrogen-bond acceptors (Lipinski definition) is 4. The van der Waals surface area contributed by atoms with Gasteiger partial charge < -0.3 is 14.5 Å². The predicted octanol–water partition coefficient (Wildman–Crippen LogP) is 2.30. The molecule has 2 unspecified atom stereocenters. The minimum atomic E-state index is -1.75. The van der Waals surface area contributed by atoms with Gasteiger partial charge in [-0.1, -0.05) is 20.8 Å². The Balaban J connectivity index is 2.60. The van der Waals surface area contributed by atoms with Crippen molar-refractivity contribution in [3.63, 3.8) is 0 Å². The van der Waals surface area contributed by atoms with Crippen LogP contribution in [0.2, 0.25) is 18.1 Å². The Labute approximate surface area is 112 Å². The number of nitrogens with one attached hydrogen (secondary N) is 1. The lowest BCUT2D eigenvalue weighted by Gasteiger charge is -2.41. The van der Waals surface area contributed by atoms with Crippen LogP contribution in [0.5, 0.6) is 0 Å². The van der Waals surface area contributed by atoms with E-state index in [1.807, 2.05) is 0 Å². The summed E-state index contributed by atoms with van der Waals surface area (Å²) >= 11 is 0. The molecular weight excluding hydrogens is 246 g/mol. The second kappa shape index (κ2) is 5.71. The van der Waals surface area contributed by atoms with E-state index >= 15 is 0 Å². The highest BCUT2D eigenvalue weighted by Crippen LogP contribution is 2.38. The average molecular weight is 273 g/mol. The number of methoxy groups -OCH3 is 1. The van der Waals surface area contributed by atoms with E-state index in [-0.39, 0.29) is 23.2 Å². The van der Waals surface area contributed by atoms with Crippen LogP contribution < -0.4 is 5.32 Å². The zero-order valence-corrected chi connectivity index (χ0v) is 13.5. The van der Waals surface area contributed by atoms with Crippen molar-refractivity contribution in [2.45, 2.75) is 63.9 Å². The molecule has 1 aliphatic heterocycles. The van der Waals surface area contributed by atoms with Gasteiger partial charge in [-0.2, -0.15) is 0 Å². The zero-order valence-electron chi connectivity index (χ0n) is 12.5. The van der Waals surface area contributed by atoms with Crippen molar-refractivity contribution < 1.29 is 14.0 Å². The summed E-state index contributed by atoms with van der Waals surface area (Å²) in [5.74, 6) is -0.182. The van der Waals surface area contributed by atoms with Crippen LogP contribution in [0.3, 0.4) is 0 Å². The highest BCUT2D eigenvalue weighted by Gasteiger charge is 2.40. The van der Waals surface area contributed by atoms with Gasteiger partial charge in [0.2, 0.25) is 0 Å². The molecule has 1 saturated heterocycles. The lowest BCUT2D eigenvalue weighted by atomic mass is 10.0. The molecule has 18 heavy (non-hydrogen) atoms. The SMILES string of the molecule is COC(=O)C1CC(O[Si](C)(C)C(C)(C)C)CCN1. The topological polar surface area (TPSA) is 47.6 Å². The molecule has 1 fully saturated rings. The van der Waals surface area contributed by atoms with Gasteiger partial charge in [0.15, 0.2) is 8.32 Å². The monoisotopic (exact) mass is 273 g/mol. The molecule has 0 spiro atoms. The molecule has 0 aromatic heterocycles. The van der Waals surface area contributed by atoms with E-state index in [0.29, 0.717) is 0 Å². The van der Waals surface area contributed by atoms with E-state index in [1.165, 1.54) is 7.11 Å². The summed E-state index contributed by atoms with van der Waals surface area (Å²) in [6.07, 6.45) is 1.87. The molecule has 0 saturated carbocycles. The van der Waals surface area contributed by atoms with E-state index in [9.17, 15) is 4.79 Å². The average Bonchev–Trinajstić information content (AvgIpc) is 2.26. The summed E-state index contributed by atoms with van der Waals surface area (Å²) < 4.78 is 11.1. The molecule has 0 aromatic rings. The Morgan fingerprint density at radius 2 is 1.94 bits per heavy atom. The van der Waals surface area contributed by atoms with Crippen LogP contribution in [0.25, 0.3) is 0 Å². The van der Waals surface area contributed by atoms with Crippen LogP contribution in [0.15, 0.2) is 0 Å². The van der Waals surface area contributed by atoms with Gasteiger partial charge in [-0.3, -0.25) is 4.79 Å². The van der Waals surface area contributed by atoms with Crippen LogP contribution in [-0.4, -0.2) is 40.1 Å². The maximum atomic E-state index is 11.5. The highest BCUT2D eigenvalue weighted by atomic mass is 28.4. The third kappa shape index (κ3) is 3.80. The fraction of sp³-hybridized carbons (Fsp3) is 0.923. The minimum Gasteiger partial charge on any atom is -0.468 e. The Morgan fingerprint density at radius 3 is 2.44 bits per heavy atom. The van der Waals surface area contributed by atoms with Gasteiger partial charge >= 0.3 is 5.97 Å². The summed E-state index contributed by atoms with van der Waals surface area (Å²) in [5, 5.41) is 3.39. The Morgan fingerprint density at radius 1 is 1.33 bits per heavy atom. The quantitative estimate of drug-likeness (QED) is 0.633. The first-order valence-corrected chi connectivity index (χ1v) is 9.57. The second-order valence-corrected chi connectivity index (χ2v) is 11.3. The van der Waals surface area contributed by atoms with Crippen LogP contribution >= 0.6 is 0 Å². The second-order valence-electron chi connectivity index (χ2n) is 6.55. The van der Waals surface area contributed by atoms with Gasteiger partial charge in [-0.25, -0.2) is 0 Å². The first kappa shape index (κ1) is 15.7. The summed E-state index contributed by atoms with van der Waals surface area (Å²) in [5.41, 5.74) is 0. The van der Waals surface area contributed by atoms with Crippen molar-refractivity contribution in [3.05, 3.63) is 0 Å². The van der Waals surface area contributed by atoms with Crippen LogP contribution in [0.4, 0.5) is 0 Å². The molecule has 0 aromatic carbocycles. The number of ether oxygens (including phenoxy) is 1. The zero-order chi connectivity index (χ0) is 14.0. The summed E-state index contributed by atoms with van der Waals surface area (Å²) in [6, 6.07) is -0.210. The van der Waals surface area contributed by atoms with Gasteiger partial charge in [-0.15, -0.1) is 0 Å². The van der Waals surface area contributed by atoms with Gasteiger partial charge in [0.05, 0.1) is 7.11 Å². The molecular formula is C13H27NO3Si. The largest absolute Gasteiger partial charge is 0.468 e. The molecule has 106 valence electrons. The smallest absolute Gasteiger partial charge is 0.322 e. The van der Waals surface area contributed by atoms with E-state index in [1.54, 1.807) is 0 Å². The van der Waals surface area contributed by atoms with Gasteiger partial charge in [0, 0.05) is 6.10 Å². The number of carbonyl (C=O) groups is 1. The number of hydrogen-bond donors (Lipinski definition) is 1. The summed E-state index contributed by atoms with van der Waals surface area (Å²) in [4.78, 5) is 11.5. The lowest BCUT2D eigenvalue weighted by molar-refractivity contribution is -0.144. The third-order valence-electron chi connectivity index (χ3n) is 4.11. The lowest BCUT2D eigenvalue weighted by Crippen LogP contribution is -2.51. The fourth-order valence-corrected chi connectivity index (χ4v) is 3.31. The minimum absolute atomic E-state index is 0.177. The van der Waals surface area contributed by atoms with Crippen LogP contribution in [0.1, 0.15) is 33.6 Å². The van der Waals surface area contributed by atoms with Crippen LogP contribution in [0, 0.1) is 0 Å². The standard InChI is InChI=1S/C13H27NO3Si/c1-13(2,3)18(5,6)17-10-7-8-14-11(9-10)12(15)16-4/h10-11,14H,7-9H2,1-6H3. The molecule has 0 bridgehead atoms. The maximum Gasteiger partial charge on any atom is 0.322 e. The van der Waals surface area contributed by atoms with Crippen LogP contribution in [-0.2, 0) is 14.0 Å². The van der Waals surface area contributed by atoms with E-state index in [0.717, 1.165) is 19.4 Å². The normalized spacial score (nSPS) is 25.9. The highest BCUT2D eigenvalue weighted by molar-refractivity contribution is 6.74. The Kier molecular flexibility index (Phi) is 4.97. The molecule has 4 nitrogen and oxygen atoms in total. The molecule has 0 amide bonds. The number of carbonyl (C=O) groups excluding carboxylic acids is 1.